The largest absolute Gasteiger partial charge is 0.480 e. The molecule has 2 aromatic carbocycles. The van der Waals surface area contributed by atoms with Gasteiger partial charge in [0.05, 0.1) is 11.6 Å². The van der Waals surface area contributed by atoms with E-state index in [2.05, 4.69) is 18.2 Å². The molecule has 0 bridgehead atoms. The van der Waals surface area contributed by atoms with Crippen LogP contribution in [0.25, 0.3) is 0 Å². The molecule has 1 unspecified atom stereocenters. The van der Waals surface area contributed by atoms with Gasteiger partial charge in [-0.15, -0.1) is 11.8 Å². The van der Waals surface area contributed by atoms with Crippen molar-refractivity contribution in [2.24, 2.45) is 0 Å². The molecule has 0 heterocycles. The summed E-state index contributed by atoms with van der Waals surface area (Å²) < 4.78 is 0. The molecule has 0 aliphatic rings. The van der Waals surface area contributed by atoms with Gasteiger partial charge in [-0.1, -0.05) is 42.0 Å². The highest BCUT2D eigenvalue weighted by Crippen LogP contribution is 2.23. The summed E-state index contributed by atoms with van der Waals surface area (Å²) >= 11 is 1.42. The minimum atomic E-state index is -0.779. The Morgan fingerprint density at radius 1 is 1.22 bits per heavy atom. The van der Waals surface area contributed by atoms with E-state index in [1.807, 2.05) is 37.3 Å². The number of carboxylic acids is 1. The highest BCUT2D eigenvalue weighted by molar-refractivity contribution is 7.99. The number of benzene rings is 2. The first-order chi connectivity index (χ1) is 11.1. The maximum absolute atomic E-state index is 11.4. The number of rotatable bonds is 7. The molecule has 0 amide bonds. The van der Waals surface area contributed by atoms with Crippen LogP contribution in [0.2, 0.25) is 0 Å². The quantitative estimate of drug-likeness (QED) is 0.829. The van der Waals surface area contributed by atoms with Crippen LogP contribution < -0.4 is 0 Å². The van der Waals surface area contributed by atoms with E-state index in [-0.39, 0.29) is 0 Å². The number of aryl methyl sites for hydroxylation is 2. The predicted octanol–water partition coefficient (Wildman–Crippen LogP) is 4.19. The summed E-state index contributed by atoms with van der Waals surface area (Å²) in [6.07, 6.45) is 1.35. The van der Waals surface area contributed by atoms with Crippen molar-refractivity contribution in [2.75, 3.05) is 0 Å². The Balaban J connectivity index is 1.92. The zero-order chi connectivity index (χ0) is 16.7. The monoisotopic (exact) mass is 325 g/mol. The summed E-state index contributed by atoms with van der Waals surface area (Å²) in [4.78, 5) is 11.4. The molecule has 2 rings (SSSR count). The van der Waals surface area contributed by atoms with E-state index in [1.54, 1.807) is 6.07 Å². The highest BCUT2D eigenvalue weighted by atomic mass is 32.2. The van der Waals surface area contributed by atoms with Crippen molar-refractivity contribution in [2.45, 2.75) is 30.8 Å². The van der Waals surface area contributed by atoms with E-state index in [0.29, 0.717) is 17.7 Å². The molecule has 0 spiro atoms. The van der Waals surface area contributed by atoms with Crippen LogP contribution in [-0.4, -0.2) is 16.3 Å². The van der Waals surface area contributed by atoms with Crippen molar-refractivity contribution in [3.63, 3.8) is 0 Å². The summed E-state index contributed by atoms with van der Waals surface area (Å²) in [5, 5.41) is 17.9. The van der Waals surface area contributed by atoms with E-state index in [0.717, 1.165) is 17.5 Å². The number of carboxylic acid groups (broad SMARTS) is 1. The topological polar surface area (TPSA) is 61.1 Å². The van der Waals surface area contributed by atoms with Gasteiger partial charge in [0, 0.05) is 5.75 Å². The average molecular weight is 325 g/mol. The van der Waals surface area contributed by atoms with E-state index in [1.165, 1.54) is 17.3 Å². The van der Waals surface area contributed by atoms with Gasteiger partial charge in [0.1, 0.15) is 5.25 Å². The van der Waals surface area contributed by atoms with Crippen LogP contribution in [-0.2, 0) is 17.0 Å². The first-order valence-corrected chi connectivity index (χ1v) is 8.52. The fourth-order valence-electron chi connectivity index (χ4n) is 2.26. The number of hydrogen-bond donors (Lipinski definition) is 1. The lowest BCUT2D eigenvalue weighted by atomic mass is 10.1. The highest BCUT2D eigenvalue weighted by Gasteiger charge is 2.18. The van der Waals surface area contributed by atoms with Crippen molar-refractivity contribution in [1.29, 1.82) is 5.26 Å². The number of hydrogen-bond acceptors (Lipinski definition) is 3. The third-order valence-corrected chi connectivity index (χ3v) is 4.94. The molecule has 4 heteroatoms. The molecule has 23 heavy (non-hydrogen) atoms. The van der Waals surface area contributed by atoms with Crippen LogP contribution in [0.3, 0.4) is 0 Å². The van der Waals surface area contributed by atoms with Gasteiger partial charge >= 0.3 is 5.97 Å². The predicted molar refractivity (Wildman–Crippen MR) is 93.4 cm³/mol. The van der Waals surface area contributed by atoms with E-state index in [4.69, 9.17) is 5.26 Å². The number of aliphatic carboxylic acids is 1. The van der Waals surface area contributed by atoms with Crippen molar-refractivity contribution in [3.8, 4) is 6.07 Å². The normalized spacial score (nSPS) is 11.7. The Labute approximate surface area is 141 Å². The number of thioether (sulfide) groups is 1. The standard InChI is InChI=1S/C19H19NO2S/c1-14-5-7-15(8-6-14)9-10-18(19(21)22)23-13-17-4-2-3-16(11-17)12-20/h2-8,11,18H,9-10,13H2,1H3,(H,21,22). The summed E-state index contributed by atoms with van der Waals surface area (Å²) in [7, 11) is 0. The van der Waals surface area contributed by atoms with Crippen LogP contribution >= 0.6 is 11.8 Å². The zero-order valence-corrected chi connectivity index (χ0v) is 13.8. The third kappa shape index (κ3) is 5.46. The van der Waals surface area contributed by atoms with Gasteiger partial charge in [-0.3, -0.25) is 4.79 Å². The summed E-state index contributed by atoms with van der Waals surface area (Å²) in [6.45, 7) is 2.04. The van der Waals surface area contributed by atoms with Crippen molar-refractivity contribution in [3.05, 3.63) is 70.8 Å². The Hall–Kier alpha value is -2.25. The number of nitrogens with zero attached hydrogens (tertiary/aromatic N) is 1. The molecule has 3 nitrogen and oxygen atoms in total. The van der Waals surface area contributed by atoms with Crippen LogP contribution in [0.1, 0.15) is 28.7 Å². The minimum Gasteiger partial charge on any atom is -0.480 e. The molecule has 0 aliphatic carbocycles. The number of nitriles is 1. The molecule has 0 saturated carbocycles. The number of carbonyl (C=O) groups is 1. The molecule has 0 radical (unpaired) electrons. The first-order valence-electron chi connectivity index (χ1n) is 7.47. The molecule has 0 aliphatic heterocycles. The van der Waals surface area contributed by atoms with Crippen molar-refractivity contribution in [1.82, 2.24) is 0 Å². The maximum atomic E-state index is 11.4. The molecule has 0 fully saturated rings. The molecule has 1 atom stereocenters. The molecule has 1 N–H and O–H groups in total. The molecule has 0 saturated heterocycles. The van der Waals surface area contributed by atoms with Gasteiger partial charge in [0.15, 0.2) is 0 Å². The average Bonchev–Trinajstić information content (AvgIpc) is 2.56. The summed E-state index contributed by atoms with van der Waals surface area (Å²) in [5.74, 6) is -0.182. The maximum Gasteiger partial charge on any atom is 0.316 e. The fraction of sp³-hybridized carbons (Fsp3) is 0.263. The van der Waals surface area contributed by atoms with E-state index >= 15 is 0 Å². The van der Waals surface area contributed by atoms with Crippen molar-refractivity contribution >= 4 is 17.7 Å². The van der Waals surface area contributed by atoms with Gasteiger partial charge in [-0.25, -0.2) is 0 Å². The van der Waals surface area contributed by atoms with Crippen molar-refractivity contribution < 1.29 is 9.90 Å². The lowest BCUT2D eigenvalue weighted by Crippen LogP contribution is -2.17. The smallest absolute Gasteiger partial charge is 0.316 e. The van der Waals surface area contributed by atoms with E-state index in [9.17, 15) is 9.90 Å². The fourth-order valence-corrected chi connectivity index (χ4v) is 3.26. The third-order valence-electron chi connectivity index (χ3n) is 3.60. The Morgan fingerprint density at radius 2 is 1.96 bits per heavy atom. The van der Waals surface area contributed by atoms with Gasteiger partial charge in [0.25, 0.3) is 0 Å². The van der Waals surface area contributed by atoms with Crippen LogP contribution in [0.5, 0.6) is 0 Å². The second kappa shape index (κ2) is 8.40. The SMILES string of the molecule is Cc1ccc(CCC(SCc2cccc(C#N)c2)C(=O)O)cc1. The Bertz CT molecular complexity index is 704. The van der Waals surface area contributed by atoms with Crippen LogP contribution in [0.4, 0.5) is 0 Å². The molecule has 2 aromatic rings. The molecule has 0 aromatic heterocycles. The Morgan fingerprint density at radius 3 is 2.61 bits per heavy atom. The van der Waals surface area contributed by atoms with Gasteiger partial charge in [-0.2, -0.15) is 5.26 Å². The summed E-state index contributed by atoms with van der Waals surface area (Å²) in [5.41, 5.74) is 3.95. The zero-order valence-electron chi connectivity index (χ0n) is 13.0. The van der Waals surface area contributed by atoms with Crippen LogP contribution in [0, 0.1) is 18.3 Å². The Kier molecular flexibility index (Phi) is 6.25. The lowest BCUT2D eigenvalue weighted by Gasteiger charge is -2.12. The minimum absolute atomic E-state index is 0.443. The molecular weight excluding hydrogens is 306 g/mol. The first kappa shape index (κ1) is 17.1. The lowest BCUT2D eigenvalue weighted by molar-refractivity contribution is -0.136. The summed E-state index contributed by atoms with van der Waals surface area (Å²) in [6, 6.07) is 17.6. The second-order valence-corrected chi connectivity index (χ2v) is 6.67. The second-order valence-electron chi connectivity index (χ2n) is 5.47. The van der Waals surface area contributed by atoms with Gasteiger partial charge in [0.2, 0.25) is 0 Å². The van der Waals surface area contributed by atoms with Gasteiger partial charge in [-0.05, 0) is 43.0 Å². The van der Waals surface area contributed by atoms with Crippen LogP contribution in [0.15, 0.2) is 48.5 Å². The molecule has 118 valence electrons. The molecular formula is C19H19NO2S. The van der Waals surface area contributed by atoms with Gasteiger partial charge < -0.3 is 5.11 Å². The van der Waals surface area contributed by atoms with E-state index < -0.39 is 11.2 Å².